The minimum atomic E-state index is -0.0970. The first-order valence-electron chi connectivity index (χ1n) is 5.77. The molecule has 0 aliphatic rings. The molecule has 0 bridgehead atoms. The summed E-state index contributed by atoms with van der Waals surface area (Å²) in [6.07, 6.45) is 0. The molecule has 0 atom stereocenters. The van der Waals surface area contributed by atoms with Gasteiger partial charge in [-0.05, 0) is 24.7 Å². The highest BCUT2D eigenvalue weighted by molar-refractivity contribution is 5.93. The molecule has 5 heteroatoms. The normalized spacial score (nSPS) is 10.2. The predicted octanol–water partition coefficient (Wildman–Crippen LogP) is 0.224. The molecule has 98 valence electrons. The lowest BCUT2D eigenvalue weighted by Crippen LogP contribution is -2.32. The smallest absolute Gasteiger partial charge is 0.251 e. The van der Waals surface area contributed by atoms with Gasteiger partial charge in [0.2, 0.25) is 5.91 Å². The van der Waals surface area contributed by atoms with Crippen molar-refractivity contribution in [2.75, 3.05) is 27.7 Å². The molecule has 1 aromatic rings. The van der Waals surface area contributed by atoms with Gasteiger partial charge in [-0.2, -0.15) is 0 Å². The maximum absolute atomic E-state index is 11.4. The van der Waals surface area contributed by atoms with E-state index in [-0.39, 0.29) is 11.8 Å². The number of carbonyl (C=O) groups excluding carboxylic acids is 2. The largest absolute Gasteiger partial charge is 0.358 e. The lowest BCUT2D eigenvalue weighted by Gasteiger charge is -2.15. The number of amides is 2. The summed E-state index contributed by atoms with van der Waals surface area (Å²) in [5.74, 6) is -0.111. The third kappa shape index (κ3) is 4.18. The molecule has 0 aliphatic carbocycles. The summed E-state index contributed by atoms with van der Waals surface area (Å²) in [5, 5.41) is 5.15. The fourth-order valence-corrected chi connectivity index (χ4v) is 1.60. The van der Waals surface area contributed by atoms with E-state index in [1.807, 2.05) is 24.1 Å². The standard InChI is InChI=1S/C13H19N3O2/c1-14-12(17)9-16(3)8-10-4-6-11(7-5-10)13(18)15-2/h4-7H,8-9H2,1-3H3,(H,14,17)(H,15,18). The van der Waals surface area contributed by atoms with E-state index in [0.29, 0.717) is 18.7 Å². The van der Waals surface area contributed by atoms with Crippen LogP contribution in [0.1, 0.15) is 15.9 Å². The Bertz CT molecular complexity index is 415. The molecule has 0 radical (unpaired) electrons. The van der Waals surface area contributed by atoms with Gasteiger partial charge in [-0.15, -0.1) is 0 Å². The summed E-state index contributed by atoms with van der Waals surface area (Å²) in [7, 11) is 5.10. The number of benzene rings is 1. The van der Waals surface area contributed by atoms with Crippen molar-refractivity contribution in [3.8, 4) is 0 Å². The number of hydrogen-bond donors (Lipinski definition) is 2. The fourth-order valence-electron chi connectivity index (χ4n) is 1.60. The number of nitrogens with one attached hydrogen (secondary N) is 2. The van der Waals surface area contributed by atoms with Crippen molar-refractivity contribution in [2.45, 2.75) is 6.54 Å². The molecule has 2 N–H and O–H groups in total. The molecule has 0 aliphatic heterocycles. The van der Waals surface area contributed by atoms with Gasteiger partial charge in [-0.25, -0.2) is 0 Å². The van der Waals surface area contributed by atoms with Crippen LogP contribution >= 0.6 is 0 Å². The summed E-state index contributed by atoms with van der Waals surface area (Å²) in [4.78, 5) is 24.5. The van der Waals surface area contributed by atoms with E-state index >= 15 is 0 Å². The first kappa shape index (κ1) is 14.2. The van der Waals surface area contributed by atoms with Gasteiger partial charge in [0.15, 0.2) is 0 Å². The number of rotatable bonds is 5. The molecular weight excluding hydrogens is 230 g/mol. The average Bonchev–Trinajstić information content (AvgIpc) is 2.38. The van der Waals surface area contributed by atoms with Crippen LogP contribution in [-0.4, -0.2) is 44.4 Å². The monoisotopic (exact) mass is 249 g/mol. The minimum absolute atomic E-state index is 0.0144. The SMILES string of the molecule is CNC(=O)CN(C)Cc1ccc(C(=O)NC)cc1. The van der Waals surface area contributed by atoms with Crippen molar-refractivity contribution < 1.29 is 9.59 Å². The van der Waals surface area contributed by atoms with E-state index in [4.69, 9.17) is 0 Å². The second-order valence-corrected chi connectivity index (χ2v) is 4.12. The second kappa shape index (κ2) is 6.76. The van der Waals surface area contributed by atoms with Crippen molar-refractivity contribution in [2.24, 2.45) is 0 Å². The van der Waals surface area contributed by atoms with E-state index in [9.17, 15) is 9.59 Å². The first-order chi connectivity index (χ1) is 8.56. The Hall–Kier alpha value is -1.88. The predicted molar refractivity (Wildman–Crippen MR) is 70.2 cm³/mol. The molecule has 0 saturated heterocycles. The molecule has 5 nitrogen and oxygen atoms in total. The van der Waals surface area contributed by atoms with E-state index < -0.39 is 0 Å². The molecule has 1 rings (SSSR count). The minimum Gasteiger partial charge on any atom is -0.358 e. The first-order valence-corrected chi connectivity index (χ1v) is 5.77. The van der Waals surface area contributed by atoms with Crippen LogP contribution in [-0.2, 0) is 11.3 Å². The van der Waals surface area contributed by atoms with Gasteiger partial charge in [-0.3, -0.25) is 14.5 Å². The maximum Gasteiger partial charge on any atom is 0.251 e. The Balaban J connectivity index is 2.58. The van der Waals surface area contributed by atoms with Gasteiger partial charge in [0.25, 0.3) is 5.91 Å². The molecule has 0 saturated carbocycles. The van der Waals surface area contributed by atoms with Crippen LogP contribution in [0.25, 0.3) is 0 Å². The molecule has 0 spiro atoms. The molecule has 18 heavy (non-hydrogen) atoms. The molecule has 2 amide bonds. The third-order valence-corrected chi connectivity index (χ3v) is 2.59. The number of nitrogens with zero attached hydrogens (tertiary/aromatic N) is 1. The van der Waals surface area contributed by atoms with Crippen molar-refractivity contribution in [3.63, 3.8) is 0 Å². The second-order valence-electron chi connectivity index (χ2n) is 4.12. The number of hydrogen-bond acceptors (Lipinski definition) is 3. The van der Waals surface area contributed by atoms with Gasteiger partial charge in [0, 0.05) is 26.2 Å². The van der Waals surface area contributed by atoms with Crippen LogP contribution in [0.2, 0.25) is 0 Å². The Labute approximate surface area is 107 Å². The molecule has 0 aromatic heterocycles. The Morgan fingerprint density at radius 3 is 2.22 bits per heavy atom. The van der Waals surface area contributed by atoms with Crippen LogP contribution in [0.3, 0.4) is 0 Å². The lowest BCUT2D eigenvalue weighted by molar-refractivity contribution is -0.121. The summed E-state index contributed by atoms with van der Waals surface area (Å²) in [5.41, 5.74) is 1.70. The molecular formula is C13H19N3O2. The highest BCUT2D eigenvalue weighted by Gasteiger charge is 2.06. The van der Waals surface area contributed by atoms with Crippen molar-refractivity contribution >= 4 is 11.8 Å². The summed E-state index contributed by atoms with van der Waals surface area (Å²) >= 11 is 0. The fraction of sp³-hybridized carbons (Fsp3) is 0.385. The van der Waals surface area contributed by atoms with Gasteiger partial charge < -0.3 is 10.6 Å². The Morgan fingerprint density at radius 2 is 1.72 bits per heavy atom. The molecule has 0 unspecified atom stereocenters. The van der Waals surface area contributed by atoms with Gasteiger partial charge in [0.1, 0.15) is 0 Å². The van der Waals surface area contributed by atoms with Crippen LogP contribution in [0.15, 0.2) is 24.3 Å². The van der Waals surface area contributed by atoms with E-state index in [0.717, 1.165) is 5.56 Å². The Kier molecular flexibility index (Phi) is 5.32. The third-order valence-electron chi connectivity index (χ3n) is 2.59. The highest BCUT2D eigenvalue weighted by Crippen LogP contribution is 2.06. The molecule has 0 fully saturated rings. The molecule has 0 heterocycles. The van der Waals surface area contributed by atoms with Crippen LogP contribution in [0, 0.1) is 0 Å². The maximum atomic E-state index is 11.4. The Morgan fingerprint density at radius 1 is 1.11 bits per heavy atom. The highest BCUT2D eigenvalue weighted by atomic mass is 16.2. The zero-order chi connectivity index (χ0) is 13.5. The van der Waals surface area contributed by atoms with Crippen molar-refractivity contribution in [1.29, 1.82) is 0 Å². The van der Waals surface area contributed by atoms with Crippen molar-refractivity contribution in [3.05, 3.63) is 35.4 Å². The summed E-state index contributed by atoms with van der Waals surface area (Å²) in [6, 6.07) is 7.35. The van der Waals surface area contributed by atoms with Gasteiger partial charge >= 0.3 is 0 Å². The summed E-state index contributed by atoms with van der Waals surface area (Å²) in [6.45, 7) is 1.02. The zero-order valence-corrected chi connectivity index (χ0v) is 11.0. The van der Waals surface area contributed by atoms with Crippen molar-refractivity contribution in [1.82, 2.24) is 15.5 Å². The van der Waals surface area contributed by atoms with E-state index in [1.54, 1.807) is 26.2 Å². The topological polar surface area (TPSA) is 61.4 Å². The van der Waals surface area contributed by atoms with Gasteiger partial charge in [0.05, 0.1) is 6.54 Å². The quantitative estimate of drug-likeness (QED) is 0.785. The average molecular weight is 249 g/mol. The number of carbonyl (C=O) groups is 2. The lowest BCUT2D eigenvalue weighted by atomic mass is 10.1. The number of likely N-dealkylation sites (N-methyl/N-ethyl adjacent to an activating group) is 2. The van der Waals surface area contributed by atoms with Gasteiger partial charge in [-0.1, -0.05) is 12.1 Å². The zero-order valence-electron chi connectivity index (χ0n) is 11.0. The van der Waals surface area contributed by atoms with Crippen LogP contribution in [0.4, 0.5) is 0 Å². The van der Waals surface area contributed by atoms with E-state index in [2.05, 4.69) is 10.6 Å². The van der Waals surface area contributed by atoms with Crippen LogP contribution < -0.4 is 10.6 Å². The molecule has 1 aromatic carbocycles. The van der Waals surface area contributed by atoms with E-state index in [1.165, 1.54) is 0 Å². The van der Waals surface area contributed by atoms with Crippen LogP contribution in [0.5, 0.6) is 0 Å². The summed E-state index contributed by atoms with van der Waals surface area (Å²) < 4.78 is 0.